The van der Waals surface area contributed by atoms with Crippen LogP contribution in [-0.2, 0) is 24.1 Å². The molecule has 3 aliphatic rings. The monoisotopic (exact) mass is 652 g/mol. The molecule has 4 aromatic carbocycles. The van der Waals surface area contributed by atoms with E-state index >= 15 is 0 Å². The fourth-order valence-electron chi connectivity index (χ4n) is 7.82. The van der Waals surface area contributed by atoms with Gasteiger partial charge in [0.15, 0.2) is 0 Å². The van der Waals surface area contributed by atoms with Crippen molar-refractivity contribution >= 4 is 18.5 Å². The van der Waals surface area contributed by atoms with Crippen LogP contribution in [0.4, 0.5) is 8.78 Å². The minimum absolute atomic E-state index is 0.0829. The van der Waals surface area contributed by atoms with Crippen LogP contribution in [0, 0.1) is 11.6 Å². The summed E-state index contributed by atoms with van der Waals surface area (Å²) in [6, 6.07) is 27.1. The van der Waals surface area contributed by atoms with Gasteiger partial charge in [-0.15, -0.1) is 0 Å². The summed E-state index contributed by atoms with van der Waals surface area (Å²) in [6.45, 7) is 9.38. The molecule has 2 aliphatic carbocycles. The average Bonchev–Trinajstić information content (AvgIpc) is 3.51. The predicted octanol–water partition coefficient (Wildman–Crippen LogP) is 9.75. The number of rotatable bonds is 2. The number of benzene rings is 4. The number of halogens is 2. The third-order valence-corrected chi connectivity index (χ3v) is 14.5. The Balaban J connectivity index is 1.60. The summed E-state index contributed by atoms with van der Waals surface area (Å²) in [7, 11) is -2.41. The van der Waals surface area contributed by atoms with Gasteiger partial charge in [-0.3, -0.25) is 0 Å². The van der Waals surface area contributed by atoms with Gasteiger partial charge in [0.2, 0.25) is 0 Å². The maximum atomic E-state index is 15.0. The average molecular weight is 654 g/mol. The van der Waals surface area contributed by atoms with Crippen LogP contribution in [0.3, 0.4) is 0 Å². The van der Waals surface area contributed by atoms with Crippen LogP contribution >= 0.6 is 0 Å². The fourth-order valence-corrected chi connectivity index (χ4v) is 13.6. The van der Waals surface area contributed by atoms with Crippen LogP contribution in [0.5, 0.6) is 11.5 Å². The van der Waals surface area contributed by atoms with E-state index in [1.54, 1.807) is 24.3 Å². The summed E-state index contributed by atoms with van der Waals surface area (Å²) >= 11 is -1.94. The third kappa shape index (κ3) is 4.17. The third-order valence-electron chi connectivity index (χ3n) is 9.30. The zero-order chi connectivity index (χ0) is 29.2. The molecule has 7 rings (SSSR count). The van der Waals surface area contributed by atoms with Gasteiger partial charge in [0, 0.05) is 0 Å². The van der Waals surface area contributed by atoms with Gasteiger partial charge in [0.05, 0.1) is 0 Å². The summed E-state index contributed by atoms with van der Waals surface area (Å²) in [6.07, 6.45) is 1.71. The summed E-state index contributed by atoms with van der Waals surface area (Å²) in [4.78, 5) is 0. The van der Waals surface area contributed by atoms with E-state index < -0.39 is 32.2 Å². The van der Waals surface area contributed by atoms with Gasteiger partial charge >= 0.3 is 261 Å². The number of fused-ring (bicyclic) bond motifs is 12. The van der Waals surface area contributed by atoms with Gasteiger partial charge in [0.1, 0.15) is 0 Å². The first-order chi connectivity index (χ1) is 20.3. The molecule has 1 heterocycles. The first kappa shape index (κ1) is 27.7. The Morgan fingerprint density at radius 1 is 0.619 bits per heavy atom. The molecule has 4 bridgehead atoms. The number of hydrogen-bond donors (Lipinski definition) is 0. The fraction of sp³-hybridized carbons (Fsp3) is 0.222. The molecular formula is C36H32F2O2SiZr. The molecule has 1 aliphatic heterocycles. The molecule has 4 aromatic rings. The molecule has 0 saturated carbocycles. The second-order valence-corrected chi connectivity index (χ2v) is 17.5. The standard InChI is InChI=1S/C36H34F2O2Si.Zr/c1-5-23-33(29-19-21(37)15-17-31(29)39)25-11-7-9-13-27(25)35(23)41(3,4)36-24(6-2)34(26-12-8-10-14-28(26)36)30-20-22(38)16-18-32(30)40;/h7-20,33-34,39-40H,5-6H2,1-4H3;/q;+2/p-2. The second kappa shape index (κ2) is 10.6. The van der Waals surface area contributed by atoms with Crippen molar-refractivity contribution in [3.8, 4) is 11.5 Å². The van der Waals surface area contributed by atoms with Gasteiger partial charge in [0.25, 0.3) is 0 Å². The minimum atomic E-state index is -2.41. The second-order valence-electron chi connectivity index (χ2n) is 11.8. The van der Waals surface area contributed by atoms with E-state index in [9.17, 15) is 8.78 Å². The Kier molecular flexibility index (Phi) is 6.98. The van der Waals surface area contributed by atoms with Gasteiger partial charge in [-0.1, -0.05) is 0 Å². The Bertz CT molecular complexity index is 1680. The van der Waals surface area contributed by atoms with E-state index in [-0.39, 0.29) is 23.5 Å². The Labute approximate surface area is 259 Å². The number of hydrogen-bond acceptors (Lipinski definition) is 2. The van der Waals surface area contributed by atoms with Crippen molar-refractivity contribution in [2.75, 3.05) is 0 Å². The van der Waals surface area contributed by atoms with E-state index in [4.69, 9.17) is 5.63 Å². The first-order valence-electron chi connectivity index (χ1n) is 14.7. The molecule has 0 spiro atoms. The molecular weight excluding hydrogens is 622 g/mol. The van der Waals surface area contributed by atoms with Gasteiger partial charge in [-0.25, -0.2) is 0 Å². The van der Waals surface area contributed by atoms with Crippen molar-refractivity contribution in [3.63, 3.8) is 0 Å². The van der Waals surface area contributed by atoms with Crippen LogP contribution in [-0.4, -0.2) is 8.07 Å². The zero-order valence-electron chi connectivity index (χ0n) is 24.2. The van der Waals surface area contributed by atoms with Crippen LogP contribution < -0.4 is 5.63 Å². The van der Waals surface area contributed by atoms with E-state index in [0.29, 0.717) is 11.5 Å². The summed E-state index contributed by atoms with van der Waals surface area (Å²) in [5.41, 5.74) is 9.38. The van der Waals surface area contributed by atoms with Crippen LogP contribution in [0.2, 0.25) is 13.1 Å². The van der Waals surface area contributed by atoms with Crippen molar-refractivity contribution in [1.29, 1.82) is 0 Å². The normalized spacial score (nSPS) is 20.0. The van der Waals surface area contributed by atoms with Gasteiger partial charge in [-0.2, -0.15) is 0 Å². The molecule has 0 aromatic heterocycles. The molecule has 0 fully saturated rings. The van der Waals surface area contributed by atoms with Crippen molar-refractivity contribution in [2.24, 2.45) is 0 Å². The molecule has 0 radical (unpaired) electrons. The maximum absolute atomic E-state index is 15.0. The molecule has 0 amide bonds. The summed E-state index contributed by atoms with van der Waals surface area (Å²) in [5, 5.41) is 2.87. The SMILES string of the molecule is CCC1=C2c3ccccc3C1c1cc(F)ccc1[O][Zr][O]c1ccc(F)cc1C1C(CC)=C(c3ccccc31)[Si]2(C)C. The molecule has 2 atom stereocenters. The molecule has 42 heavy (non-hydrogen) atoms. The van der Waals surface area contributed by atoms with Crippen LogP contribution in [0.15, 0.2) is 96.1 Å². The van der Waals surface area contributed by atoms with E-state index in [1.807, 2.05) is 0 Å². The number of allylic oxidation sites excluding steroid dienone is 2. The van der Waals surface area contributed by atoms with Gasteiger partial charge < -0.3 is 0 Å². The molecule has 6 heteroatoms. The van der Waals surface area contributed by atoms with Crippen molar-refractivity contribution in [3.05, 3.63) is 141 Å². The summed E-state index contributed by atoms with van der Waals surface area (Å²) in [5.74, 6) is 0.643. The zero-order valence-corrected chi connectivity index (χ0v) is 27.7. The molecule has 210 valence electrons. The van der Waals surface area contributed by atoms with Crippen molar-refractivity contribution in [1.82, 2.24) is 0 Å². The quantitative estimate of drug-likeness (QED) is 0.201. The van der Waals surface area contributed by atoms with Crippen LogP contribution in [0.25, 0.3) is 10.4 Å². The van der Waals surface area contributed by atoms with E-state index in [0.717, 1.165) is 24.0 Å². The van der Waals surface area contributed by atoms with E-state index in [2.05, 4.69) is 75.5 Å². The molecule has 0 saturated heterocycles. The molecule has 0 N–H and O–H groups in total. The topological polar surface area (TPSA) is 18.5 Å². The van der Waals surface area contributed by atoms with Gasteiger partial charge in [-0.05, 0) is 0 Å². The predicted molar refractivity (Wildman–Crippen MR) is 163 cm³/mol. The molecule has 2 nitrogen and oxygen atoms in total. The van der Waals surface area contributed by atoms with Crippen LogP contribution in [0.1, 0.15) is 71.9 Å². The molecule has 2 unspecified atom stereocenters. The Morgan fingerprint density at radius 2 is 1.05 bits per heavy atom. The summed E-state index contributed by atoms with van der Waals surface area (Å²) < 4.78 is 42.8. The van der Waals surface area contributed by atoms with Crippen molar-refractivity contribution in [2.45, 2.75) is 51.6 Å². The first-order valence-corrected chi connectivity index (χ1v) is 19.7. The Morgan fingerprint density at radius 3 is 1.48 bits per heavy atom. The van der Waals surface area contributed by atoms with E-state index in [1.165, 1.54) is 55.9 Å². The van der Waals surface area contributed by atoms with Crippen molar-refractivity contribution < 1.29 is 38.5 Å². The Hall–Kier alpha value is -3.08.